The number of aryl methyl sites for hydroxylation is 1. The Hall–Kier alpha value is -2.89. The molecule has 2 aliphatic rings. The molecule has 6 rings (SSSR count). The van der Waals surface area contributed by atoms with Crippen molar-refractivity contribution < 1.29 is 8.60 Å². The molecule has 3 atom stereocenters. The lowest BCUT2D eigenvalue weighted by Crippen LogP contribution is -2.30. The monoisotopic (exact) mass is 525 g/mol. The number of aromatic nitrogens is 4. The van der Waals surface area contributed by atoms with Gasteiger partial charge in [0.05, 0.1) is 22.4 Å². The van der Waals surface area contributed by atoms with Crippen LogP contribution < -0.4 is 9.80 Å². The van der Waals surface area contributed by atoms with E-state index in [9.17, 15) is 8.60 Å². The average Bonchev–Trinajstić information content (AvgIpc) is 3.65. The molecule has 4 aromatic rings. The molecule has 2 fully saturated rings. The van der Waals surface area contributed by atoms with E-state index in [2.05, 4.69) is 22.2 Å². The zero-order valence-corrected chi connectivity index (χ0v) is 22.1. The van der Waals surface area contributed by atoms with Crippen LogP contribution in [-0.2, 0) is 17.4 Å². The Balaban J connectivity index is 1.30. The number of thiazole rings is 1. The highest BCUT2D eigenvalue weighted by molar-refractivity contribution is 7.81. The summed E-state index contributed by atoms with van der Waals surface area (Å²) in [6, 6.07) is 10.5. The van der Waals surface area contributed by atoms with Crippen LogP contribution in [0.25, 0.3) is 16.9 Å². The van der Waals surface area contributed by atoms with E-state index < -0.39 is 11.0 Å². The molecule has 0 N–H and O–H groups in total. The van der Waals surface area contributed by atoms with Crippen LogP contribution in [0.2, 0.25) is 0 Å². The number of nitrogens with zero attached hydrogens (tertiary/aromatic N) is 7. The van der Waals surface area contributed by atoms with E-state index in [0.29, 0.717) is 11.8 Å². The van der Waals surface area contributed by atoms with E-state index in [1.165, 1.54) is 23.5 Å². The van der Waals surface area contributed by atoms with Gasteiger partial charge >= 0.3 is 0 Å². The fourth-order valence-corrected chi connectivity index (χ4v) is 6.91. The van der Waals surface area contributed by atoms with Crippen molar-refractivity contribution in [1.82, 2.24) is 23.9 Å². The second kappa shape index (κ2) is 9.20. The molecule has 188 valence electrons. The van der Waals surface area contributed by atoms with E-state index in [1.807, 2.05) is 27.9 Å². The van der Waals surface area contributed by atoms with Crippen LogP contribution in [0.15, 0.2) is 41.8 Å². The van der Waals surface area contributed by atoms with Gasteiger partial charge in [-0.05, 0) is 54.7 Å². The van der Waals surface area contributed by atoms with Crippen molar-refractivity contribution in [3.63, 3.8) is 0 Å². The third kappa shape index (κ3) is 4.08. The Labute approximate surface area is 216 Å². The fraction of sp³-hybridized carbons (Fsp3) is 0.400. The summed E-state index contributed by atoms with van der Waals surface area (Å²) in [5.74, 6) is 2.61. The number of imidazole rings is 1. The lowest BCUT2D eigenvalue weighted by Gasteiger charge is -2.21. The smallest absolute Gasteiger partial charge is 0.191 e. The summed E-state index contributed by atoms with van der Waals surface area (Å²) in [7, 11) is 1.09. The first-order valence-electron chi connectivity index (χ1n) is 12.1. The number of hydrogen-bond donors (Lipinski definition) is 0. The summed E-state index contributed by atoms with van der Waals surface area (Å²) in [5.41, 5.74) is 3.46. The van der Waals surface area contributed by atoms with Gasteiger partial charge in [-0.15, -0.1) is 16.4 Å². The molecule has 0 aliphatic carbocycles. The normalized spacial score (nSPS) is 20.8. The molecule has 11 heteroatoms. The van der Waals surface area contributed by atoms with Gasteiger partial charge in [0.1, 0.15) is 11.6 Å². The van der Waals surface area contributed by atoms with Gasteiger partial charge in [0, 0.05) is 50.4 Å². The summed E-state index contributed by atoms with van der Waals surface area (Å²) < 4.78 is 29.3. The van der Waals surface area contributed by atoms with Crippen molar-refractivity contribution in [2.75, 3.05) is 49.3 Å². The van der Waals surface area contributed by atoms with Gasteiger partial charge in [-0.1, -0.05) is 6.92 Å². The molecule has 0 amide bonds. The van der Waals surface area contributed by atoms with Crippen molar-refractivity contribution in [3.8, 4) is 11.3 Å². The fourth-order valence-electron chi connectivity index (χ4n) is 5.31. The zero-order valence-electron chi connectivity index (χ0n) is 20.5. The number of anilines is 3. The van der Waals surface area contributed by atoms with E-state index in [4.69, 9.17) is 15.1 Å². The zero-order chi connectivity index (χ0) is 25.0. The van der Waals surface area contributed by atoms with Gasteiger partial charge in [-0.2, -0.15) is 4.52 Å². The highest BCUT2D eigenvalue weighted by Crippen LogP contribution is 2.36. The minimum Gasteiger partial charge on any atom is -0.355 e. The minimum atomic E-state index is -0.901. The van der Waals surface area contributed by atoms with Crippen LogP contribution in [0.4, 0.5) is 21.2 Å². The second-order valence-corrected chi connectivity index (χ2v) is 11.7. The molecule has 2 saturated heterocycles. The number of halogens is 1. The van der Waals surface area contributed by atoms with Gasteiger partial charge in [-0.3, -0.25) is 0 Å². The van der Waals surface area contributed by atoms with Crippen molar-refractivity contribution in [2.24, 2.45) is 11.8 Å². The van der Waals surface area contributed by atoms with Crippen molar-refractivity contribution >= 4 is 44.7 Å². The van der Waals surface area contributed by atoms with E-state index >= 15 is 0 Å². The maximum atomic E-state index is 13.4. The number of rotatable bonds is 6. The molecule has 0 spiro atoms. The van der Waals surface area contributed by atoms with Gasteiger partial charge in [0.15, 0.2) is 16.6 Å². The van der Waals surface area contributed by atoms with Crippen LogP contribution in [0.3, 0.4) is 0 Å². The van der Waals surface area contributed by atoms with Crippen LogP contribution in [0.5, 0.6) is 0 Å². The van der Waals surface area contributed by atoms with Gasteiger partial charge in [0.2, 0.25) is 0 Å². The highest BCUT2D eigenvalue weighted by Gasteiger charge is 2.41. The molecule has 3 unspecified atom stereocenters. The first-order chi connectivity index (χ1) is 17.4. The topological polar surface area (TPSA) is 69.9 Å². The maximum absolute atomic E-state index is 13.4. The SMILES string of the molecule is CCc1nc2ccc(N3CC4CN(S(C)=O)CC4C3)nn2c1N(C)c1nc(-c2ccc(F)cc2)cs1. The van der Waals surface area contributed by atoms with Crippen LogP contribution >= 0.6 is 11.3 Å². The molecule has 36 heavy (non-hydrogen) atoms. The Bertz CT molecular complexity index is 1420. The minimum absolute atomic E-state index is 0.259. The molecule has 0 bridgehead atoms. The maximum Gasteiger partial charge on any atom is 0.191 e. The highest BCUT2D eigenvalue weighted by atomic mass is 32.2. The summed E-state index contributed by atoms with van der Waals surface area (Å²) >= 11 is 1.54. The predicted octanol–water partition coefficient (Wildman–Crippen LogP) is 3.98. The van der Waals surface area contributed by atoms with Crippen molar-refractivity contribution in [2.45, 2.75) is 13.3 Å². The first-order valence-corrected chi connectivity index (χ1v) is 14.5. The van der Waals surface area contributed by atoms with E-state index in [-0.39, 0.29) is 5.82 Å². The van der Waals surface area contributed by atoms with Gasteiger partial charge in [0.25, 0.3) is 0 Å². The summed E-state index contributed by atoms with van der Waals surface area (Å²) in [6.45, 7) is 5.70. The summed E-state index contributed by atoms with van der Waals surface area (Å²) in [6.07, 6.45) is 2.54. The first kappa shape index (κ1) is 23.5. The van der Waals surface area contributed by atoms with Crippen molar-refractivity contribution in [1.29, 1.82) is 0 Å². The molecule has 8 nitrogen and oxygen atoms in total. The molecule has 1 aromatic carbocycles. The van der Waals surface area contributed by atoms with E-state index in [1.54, 1.807) is 18.4 Å². The number of benzene rings is 1. The Morgan fingerprint density at radius 3 is 2.47 bits per heavy atom. The Morgan fingerprint density at radius 2 is 1.81 bits per heavy atom. The molecule has 3 aromatic heterocycles. The molecule has 5 heterocycles. The average molecular weight is 526 g/mol. The second-order valence-electron chi connectivity index (χ2n) is 9.47. The largest absolute Gasteiger partial charge is 0.355 e. The molecule has 0 saturated carbocycles. The summed E-state index contributed by atoms with van der Waals surface area (Å²) in [5, 5.41) is 7.84. The van der Waals surface area contributed by atoms with Crippen molar-refractivity contribution in [3.05, 3.63) is 53.3 Å². The molecular weight excluding hydrogens is 497 g/mol. The van der Waals surface area contributed by atoms with Gasteiger partial charge < -0.3 is 9.80 Å². The lowest BCUT2D eigenvalue weighted by molar-refractivity contribution is 0.501. The quantitative estimate of drug-likeness (QED) is 0.379. The third-order valence-electron chi connectivity index (χ3n) is 7.22. The van der Waals surface area contributed by atoms with E-state index in [0.717, 1.165) is 72.0 Å². The van der Waals surface area contributed by atoms with Gasteiger partial charge in [-0.25, -0.2) is 22.9 Å². The van der Waals surface area contributed by atoms with Crippen LogP contribution in [-0.4, -0.2) is 67.6 Å². The third-order valence-corrected chi connectivity index (χ3v) is 9.16. The van der Waals surface area contributed by atoms with Crippen LogP contribution in [0.1, 0.15) is 12.6 Å². The molecular formula is C25H28FN7OS2. The van der Waals surface area contributed by atoms with Crippen LogP contribution in [0, 0.1) is 17.7 Å². The molecule has 0 radical (unpaired) electrons. The standard InChI is InChI=1S/C25H28FN7OS2/c1-4-20-24(30(2)25-28-21(15-35-25)16-5-7-19(26)8-6-16)33-22(27-20)9-10-23(29-33)31-11-17-13-32(36(3)34)14-18(17)12-31/h5-10,15,17-18H,4,11-14H2,1-3H3. The summed E-state index contributed by atoms with van der Waals surface area (Å²) in [4.78, 5) is 14.0. The lowest BCUT2D eigenvalue weighted by atomic mass is 10.0. The molecule has 2 aliphatic heterocycles. The Morgan fingerprint density at radius 1 is 1.08 bits per heavy atom. The number of fused-ring (bicyclic) bond motifs is 2. The number of hydrogen-bond acceptors (Lipinski definition) is 7. The predicted molar refractivity (Wildman–Crippen MR) is 143 cm³/mol. The Kier molecular flexibility index (Phi) is 6.01.